The summed E-state index contributed by atoms with van der Waals surface area (Å²) < 4.78 is 0. The third-order valence-corrected chi connectivity index (χ3v) is 15.4. The Balaban J connectivity index is 1.48. The summed E-state index contributed by atoms with van der Waals surface area (Å²) in [7, 11) is 0. The number of hydrogen-bond acceptors (Lipinski definition) is 2. The smallest absolute Gasteiger partial charge is 0.0653 e. The van der Waals surface area contributed by atoms with Gasteiger partial charge in [-0.25, -0.2) is 0 Å². The third-order valence-electron chi connectivity index (χ3n) is 15.4. The van der Waals surface area contributed by atoms with Gasteiger partial charge >= 0.3 is 0 Å². The minimum Gasteiger partial charge on any atom is -0.390 e. The second-order valence-corrected chi connectivity index (χ2v) is 17.9. The Bertz CT molecular complexity index is 1030. The van der Waals surface area contributed by atoms with E-state index in [1.54, 1.807) is 0 Å². The highest BCUT2D eigenvalue weighted by atomic mass is 16.3. The van der Waals surface area contributed by atoms with Crippen LogP contribution >= 0.6 is 0 Å². The van der Waals surface area contributed by atoms with Crippen molar-refractivity contribution in [2.75, 3.05) is 0 Å². The maximum absolute atomic E-state index is 12.0. The normalized spacial score (nSPS) is 53.7. The van der Waals surface area contributed by atoms with Crippen LogP contribution in [0.15, 0.2) is 22.3 Å². The predicted octanol–water partition coefficient (Wildman–Crippen LogP) is 9.11. The van der Waals surface area contributed by atoms with Crippen LogP contribution in [0.2, 0.25) is 0 Å². The maximum Gasteiger partial charge on any atom is 0.0653 e. The number of allylic oxidation sites excluding steroid dienone is 4. The molecule has 0 aromatic rings. The van der Waals surface area contributed by atoms with E-state index in [0.717, 1.165) is 12.8 Å². The molecule has 7 rings (SSSR count). The zero-order valence-corrected chi connectivity index (χ0v) is 27.2. The highest BCUT2D eigenvalue weighted by Gasteiger charge is 2.68. The number of hydrogen-bond donors (Lipinski definition) is 2. The van der Waals surface area contributed by atoms with Crippen molar-refractivity contribution in [3.05, 3.63) is 22.3 Å². The van der Waals surface area contributed by atoms with Gasteiger partial charge in [-0.2, -0.15) is 0 Å². The van der Waals surface area contributed by atoms with Gasteiger partial charge in [-0.3, -0.25) is 0 Å². The van der Waals surface area contributed by atoms with E-state index in [0.29, 0.717) is 59.2 Å². The van der Waals surface area contributed by atoms with E-state index in [2.05, 4.69) is 55.4 Å². The Morgan fingerprint density at radius 3 is 1.32 bits per heavy atom. The van der Waals surface area contributed by atoms with Gasteiger partial charge in [-0.05, 0) is 159 Å². The molecule has 0 aliphatic heterocycles. The van der Waals surface area contributed by atoms with E-state index < -0.39 is 11.2 Å². The fraction of sp³-hybridized carbons (Fsp3) is 0.895. The Hall–Kier alpha value is -0.600. The van der Waals surface area contributed by atoms with E-state index in [1.165, 1.54) is 64.2 Å². The van der Waals surface area contributed by atoms with Crippen LogP contribution in [0.5, 0.6) is 0 Å². The van der Waals surface area contributed by atoms with Crippen molar-refractivity contribution in [1.29, 1.82) is 0 Å². The summed E-state index contributed by atoms with van der Waals surface area (Å²) in [6.07, 6.45) is 14.5. The molecule has 5 saturated carbocycles. The molecule has 0 heterocycles. The molecule has 0 radical (unpaired) electrons. The average Bonchev–Trinajstić information content (AvgIpc) is 2.86. The van der Waals surface area contributed by atoms with Crippen LogP contribution in [-0.4, -0.2) is 21.4 Å². The van der Waals surface area contributed by atoms with Crippen LogP contribution < -0.4 is 0 Å². The van der Waals surface area contributed by atoms with Crippen molar-refractivity contribution in [3.63, 3.8) is 0 Å². The van der Waals surface area contributed by atoms with Crippen LogP contribution in [-0.2, 0) is 0 Å². The molecule has 12 unspecified atom stereocenters. The summed E-state index contributed by atoms with van der Waals surface area (Å²) in [6.45, 7) is 19.6. The van der Waals surface area contributed by atoms with Gasteiger partial charge in [0.1, 0.15) is 0 Å². The SMILES string of the molecule is CC(C)C1=C2C3=C(C(C)C)CCC4C3C(CC3C(C)(O)CCCC43C)C3CC4C(C)(O)CCCC4(C)C(CC1)C23. The zero-order chi connectivity index (χ0) is 28.6. The minimum atomic E-state index is -0.537. The molecule has 0 saturated heterocycles. The highest BCUT2D eigenvalue weighted by Crippen LogP contribution is 2.74. The predicted molar refractivity (Wildman–Crippen MR) is 165 cm³/mol. The summed E-state index contributed by atoms with van der Waals surface area (Å²) in [4.78, 5) is 0. The molecular weight excluding hydrogens is 488 g/mol. The Morgan fingerprint density at radius 1 is 0.600 bits per heavy atom. The third kappa shape index (κ3) is 3.60. The van der Waals surface area contributed by atoms with Crippen LogP contribution in [0, 0.1) is 70.0 Å². The van der Waals surface area contributed by atoms with Crippen molar-refractivity contribution in [2.24, 2.45) is 70.0 Å². The van der Waals surface area contributed by atoms with Crippen molar-refractivity contribution in [1.82, 2.24) is 0 Å². The largest absolute Gasteiger partial charge is 0.390 e. The Morgan fingerprint density at radius 2 is 0.975 bits per heavy atom. The lowest BCUT2D eigenvalue weighted by atomic mass is 9.34. The van der Waals surface area contributed by atoms with Gasteiger partial charge < -0.3 is 10.2 Å². The Labute approximate surface area is 245 Å². The molecule has 40 heavy (non-hydrogen) atoms. The molecule has 12 atom stereocenters. The first kappa shape index (κ1) is 28.2. The molecule has 0 aromatic carbocycles. The molecule has 2 N–H and O–H groups in total. The summed E-state index contributed by atoms with van der Waals surface area (Å²) in [6, 6.07) is 0. The second kappa shape index (κ2) is 8.97. The fourth-order valence-electron chi connectivity index (χ4n) is 13.9. The van der Waals surface area contributed by atoms with Gasteiger partial charge in [0.15, 0.2) is 0 Å². The number of fused-ring (bicyclic) bond motifs is 6. The lowest BCUT2D eigenvalue weighted by molar-refractivity contribution is -0.207. The van der Waals surface area contributed by atoms with Crippen molar-refractivity contribution >= 4 is 0 Å². The first-order chi connectivity index (χ1) is 18.7. The van der Waals surface area contributed by atoms with Gasteiger partial charge in [0, 0.05) is 0 Å². The van der Waals surface area contributed by atoms with Gasteiger partial charge in [-0.1, -0.05) is 65.5 Å². The van der Waals surface area contributed by atoms with Gasteiger partial charge in [0.25, 0.3) is 0 Å². The first-order valence-corrected chi connectivity index (χ1v) is 17.6. The van der Waals surface area contributed by atoms with Crippen LogP contribution in [0.4, 0.5) is 0 Å². The molecule has 2 heteroatoms. The molecule has 0 bridgehead atoms. The first-order valence-electron chi connectivity index (χ1n) is 17.6. The van der Waals surface area contributed by atoms with E-state index in [-0.39, 0.29) is 10.8 Å². The molecule has 0 spiro atoms. The summed E-state index contributed by atoms with van der Waals surface area (Å²) in [5.41, 5.74) is 6.79. The number of rotatable bonds is 2. The summed E-state index contributed by atoms with van der Waals surface area (Å²) in [5.74, 6) is 6.15. The second-order valence-electron chi connectivity index (χ2n) is 17.9. The topological polar surface area (TPSA) is 40.5 Å². The molecule has 224 valence electrons. The summed E-state index contributed by atoms with van der Waals surface area (Å²) >= 11 is 0. The maximum atomic E-state index is 12.0. The van der Waals surface area contributed by atoms with E-state index >= 15 is 0 Å². The minimum absolute atomic E-state index is 0.246. The summed E-state index contributed by atoms with van der Waals surface area (Å²) in [5, 5.41) is 24.0. The van der Waals surface area contributed by atoms with E-state index in [1.807, 2.05) is 22.3 Å². The molecule has 0 aromatic heterocycles. The molecule has 5 fully saturated rings. The molecule has 0 amide bonds. The number of aliphatic hydroxyl groups is 2. The van der Waals surface area contributed by atoms with E-state index in [9.17, 15) is 10.2 Å². The van der Waals surface area contributed by atoms with E-state index in [4.69, 9.17) is 0 Å². The van der Waals surface area contributed by atoms with Gasteiger partial charge in [-0.15, -0.1) is 0 Å². The molecule has 7 aliphatic rings. The standard InChI is InChI=1S/C38H60O2/c1-21(2)23-11-13-27-31-25(19-29-35(27,5)15-9-17-37(29,7)39)26-20-30-36(6,16-10-18-38(30,8)40)28-14-12-24(22(3)4)34(32(26)28)33(23)31/h21-22,25-32,39-40H,9-20H2,1-8H3. The quantitative estimate of drug-likeness (QED) is 0.361. The van der Waals surface area contributed by atoms with Crippen LogP contribution in [0.3, 0.4) is 0 Å². The van der Waals surface area contributed by atoms with Crippen molar-refractivity contribution in [3.8, 4) is 0 Å². The fourth-order valence-corrected chi connectivity index (χ4v) is 13.9. The van der Waals surface area contributed by atoms with Crippen LogP contribution in [0.25, 0.3) is 0 Å². The van der Waals surface area contributed by atoms with Crippen molar-refractivity contribution < 1.29 is 10.2 Å². The lowest BCUT2D eigenvalue weighted by Gasteiger charge is -2.70. The zero-order valence-electron chi connectivity index (χ0n) is 27.2. The highest BCUT2D eigenvalue weighted by molar-refractivity contribution is 5.51. The average molecular weight is 549 g/mol. The van der Waals surface area contributed by atoms with Gasteiger partial charge in [0.2, 0.25) is 0 Å². The lowest BCUT2D eigenvalue weighted by Crippen LogP contribution is -2.65. The van der Waals surface area contributed by atoms with Crippen LogP contribution in [0.1, 0.15) is 132 Å². The monoisotopic (exact) mass is 548 g/mol. The Kier molecular flexibility index (Phi) is 6.32. The molecular formula is C38H60O2. The van der Waals surface area contributed by atoms with Gasteiger partial charge in [0.05, 0.1) is 11.2 Å². The molecule has 7 aliphatic carbocycles. The van der Waals surface area contributed by atoms with Crippen molar-refractivity contribution in [2.45, 2.75) is 144 Å². The molecule has 2 nitrogen and oxygen atoms in total.